The van der Waals surface area contributed by atoms with Crippen LogP contribution in [0.1, 0.15) is 31.4 Å². The summed E-state index contributed by atoms with van der Waals surface area (Å²) in [6.07, 6.45) is 5.78. The Morgan fingerprint density at radius 3 is 3.00 bits per heavy atom. The lowest BCUT2D eigenvalue weighted by atomic mass is 9.93. The Morgan fingerprint density at radius 1 is 1.44 bits per heavy atom. The topological polar surface area (TPSA) is 29.5 Å². The average Bonchev–Trinajstić information content (AvgIpc) is 2.25. The molecule has 0 aliphatic carbocycles. The predicted octanol–water partition coefficient (Wildman–Crippen LogP) is 2.80. The summed E-state index contributed by atoms with van der Waals surface area (Å²) in [5, 5.41) is 8.72. The van der Waals surface area contributed by atoms with E-state index in [1.807, 2.05) is 18.2 Å². The second-order valence-electron chi connectivity index (χ2n) is 4.81. The third kappa shape index (κ3) is 2.45. The van der Waals surface area contributed by atoms with Crippen molar-refractivity contribution in [3.63, 3.8) is 0 Å². The van der Waals surface area contributed by atoms with Crippen LogP contribution in [0, 0.1) is 0 Å². The van der Waals surface area contributed by atoms with E-state index in [2.05, 4.69) is 19.9 Å². The normalized spacial score (nSPS) is 18.2. The number of aryl methyl sites for hydroxylation is 1. The summed E-state index contributed by atoms with van der Waals surface area (Å²) in [6.45, 7) is 4.33. The molecule has 86 valence electrons. The van der Waals surface area contributed by atoms with E-state index in [0.29, 0.717) is 0 Å². The molecule has 0 unspecified atom stereocenters. The molecule has 1 aliphatic heterocycles. The Hall–Kier alpha value is -1.28. The van der Waals surface area contributed by atoms with Gasteiger partial charge in [0.2, 0.25) is 0 Å². The van der Waals surface area contributed by atoms with Crippen LogP contribution in [0.15, 0.2) is 24.3 Å². The van der Waals surface area contributed by atoms with Gasteiger partial charge in [-0.2, -0.15) is 0 Å². The molecule has 0 fully saturated rings. The predicted molar refractivity (Wildman–Crippen MR) is 65.6 cm³/mol. The molecular formula is C14H18O2. The number of aliphatic hydroxyl groups excluding tert-OH is 1. The summed E-state index contributed by atoms with van der Waals surface area (Å²) < 4.78 is 5.91. The zero-order valence-corrected chi connectivity index (χ0v) is 9.86. The molecule has 1 N–H and O–H groups in total. The standard InChI is InChI=1S/C14H18O2/c1-14(2)8-7-12-10-11(4-3-9-15)5-6-13(12)16-14/h3-6,10,15H,7-9H2,1-2H3. The van der Waals surface area contributed by atoms with Crippen LogP contribution in [0.5, 0.6) is 5.75 Å². The molecule has 1 heterocycles. The lowest BCUT2D eigenvalue weighted by molar-refractivity contribution is 0.0847. The molecule has 2 heteroatoms. The SMILES string of the molecule is CC1(C)CCc2cc(C=CCO)ccc2O1. The van der Waals surface area contributed by atoms with E-state index in [1.165, 1.54) is 5.56 Å². The summed E-state index contributed by atoms with van der Waals surface area (Å²) >= 11 is 0. The maximum absolute atomic E-state index is 8.72. The highest BCUT2D eigenvalue weighted by molar-refractivity contribution is 5.54. The van der Waals surface area contributed by atoms with E-state index < -0.39 is 0 Å². The highest BCUT2D eigenvalue weighted by Gasteiger charge is 2.26. The molecule has 2 nitrogen and oxygen atoms in total. The van der Waals surface area contributed by atoms with Crippen molar-refractivity contribution in [2.24, 2.45) is 0 Å². The molecule has 1 aliphatic rings. The van der Waals surface area contributed by atoms with E-state index >= 15 is 0 Å². The van der Waals surface area contributed by atoms with Crippen LogP contribution in [-0.2, 0) is 6.42 Å². The number of ether oxygens (including phenoxy) is 1. The molecule has 0 atom stereocenters. The molecule has 0 saturated heterocycles. The minimum atomic E-state index is -0.0462. The van der Waals surface area contributed by atoms with Crippen molar-refractivity contribution in [2.75, 3.05) is 6.61 Å². The number of benzene rings is 1. The summed E-state index contributed by atoms with van der Waals surface area (Å²) in [5.41, 5.74) is 2.34. The Morgan fingerprint density at radius 2 is 2.25 bits per heavy atom. The molecule has 0 aromatic heterocycles. The number of hydrogen-bond donors (Lipinski definition) is 1. The Bertz CT molecular complexity index is 405. The molecule has 0 amide bonds. The van der Waals surface area contributed by atoms with Crippen molar-refractivity contribution in [3.8, 4) is 5.75 Å². The smallest absolute Gasteiger partial charge is 0.123 e. The fourth-order valence-electron chi connectivity index (χ4n) is 1.97. The van der Waals surface area contributed by atoms with Crippen LogP contribution >= 0.6 is 0 Å². The van der Waals surface area contributed by atoms with Crippen molar-refractivity contribution in [1.29, 1.82) is 0 Å². The van der Waals surface area contributed by atoms with Crippen LogP contribution in [0.4, 0.5) is 0 Å². The summed E-state index contributed by atoms with van der Waals surface area (Å²) in [5.74, 6) is 0.998. The molecule has 0 saturated carbocycles. The lowest BCUT2D eigenvalue weighted by Crippen LogP contribution is -2.32. The largest absolute Gasteiger partial charge is 0.488 e. The zero-order chi connectivity index (χ0) is 11.6. The van der Waals surface area contributed by atoms with Gasteiger partial charge in [0.1, 0.15) is 11.4 Å². The molecule has 1 aromatic rings. The molecular weight excluding hydrogens is 200 g/mol. The number of hydrogen-bond acceptors (Lipinski definition) is 2. The summed E-state index contributed by atoms with van der Waals surface area (Å²) in [7, 11) is 0. The van der Waals surface area contributed by atoms with E-state index in [-0.39, 0.29) is 12.2 Å². The molecule has 0 spiro atoms. The van der Waals surface area contributed by atoms with Gasteiger partial charge in [0, 0.05) is 0 Å². The van der Waals surface area contributed by atoms with Crippen molar-refractivity contribution >= 4 is 6.08 Å². The average molecular weight is 218 g/mol. The second-order valence-corrected chi connectivity index (χ2v) is 4.81. The first kappa shape index (κ1) is 11.2. The van der Waals surface area contributed by atoms with Crippen LogP contribution in [0.3, 0.4) is 0 Å². The van der Waals surface area contributed by atoms with Crippen molar-refractivity contribution in [3.05, 3.63) is 35.4 Å². The van der Waals surface area contributed by atoms with E-state index in [4.69, 9.17) is 9.84 Å². The number of rotatable bonds is 2. The molecule has 0 bridgehead atoms. The second kappa shape index (κ2) is 4.30. The molecule has 1 aromatic carbocycles. The van der Waals surface area contributed by atoms with Crippen LogP contribution in [-0.4, -0.2) is 17.3 Å². The number of aliphatic hydroxyl groups is 1. The first-order valence-electron chi connectivity index (χ1n) is 5.70. The monoisotopic (exact) mass is 218 g/mol. The molecule has 16 heavy (non-hydrogen) atoms. The van der Waals surface area contributed by atoms with Gasteiger partial charge in [-0.05, 0) is 49.9 Å². The zero-order valence-electron chi connectivity index (χ0n) is 9.86. The highest BCUT2D eigenvalue weighted by atomic mass is 16.5. The Labute approximate surface area is 96.6 Å². The van der Waals surface area contributed by atoms with Crippen LogP contribution in [0.2, 0.25) is 0 Å². The molecule has 0 radical (unpaired) electrons. The van der Waals surface area contributed by atoms with Gasteiger partial charge in [0.15, 0.2) is 0 Å². The third-order valence-electron chi connectivity index (χ3n) is 2.88. The maximum atomic E-state index is 8.72. The van der Waals surface area contributed by atoms with E-state index in [0.717, 1.165) is 24.2 Å². The fourth-order valence-corrected chi connectivity index (χ4v) is 1.97. The number of fused-ring (bicyclic) bond motifs is 1. The first-order valence-corrected chi connectivity index (χ1v) is 5.70. The van der Waals surface area contributed by atoms with E-state index in [9.17, 15) is 0 Å². The summed E-state index contributed by atoms with van der Waals surface area (Å²) in [6, 6.07) is 6.18. The highest BCUT2D eigenvalue weighted by Crippen LogP contribution is 2.33. The maximum Gasteiger partial charge on any atom is 0.123 e. The lowest BCUT2D eigenvalue weighted by Gasteiger charge is -2.32. The first-order chi connectivity index (χ1) is 7.61. The Balaban J connectivity index is 2.25. The Kier molecular flexibility index (Phi) is 3.01. The van der Waals surface area contributed by atoms with Crippen LogP contribution < -0.4 is 4.74 Å². The van der Waals surface area contributed by atoms with Crippen molar-refractivity contribution in [1.82, 2.24) is 0 Å². The van der Waals surface area contributed by atoms with Gasteiger partial charge in [0.25, 0.3) is 0 Å². The summed E-state index contributed by atoms with van der Waals surface area (Å²) in [4.78, 5) is 0. The van der Waals surface area contributed by atoms with E-state index in [1.54, 1.807) is 6.08 Å². The minimum Gasteiger partial charge on any atom is -0.488 e. The van der Waals surface area contributed by atoms with Gasteiger partial charge in [-0.3, -0.25) is 0 Å². The molecule has 2 rings (SSSR count). The van der Waals surface area contributed by atoms with Gasteiger partial charge in [-0.1, -0.05) is 18.2 Å². The quantitative estimate of drug-likeness (QED) is 0.827. The third-order valence-corrected chi connectivity index (χ3v) is 2.88. The van der Waals surface area contributed by atoms with Crippen LogP contribution in [0.25, 0.3) is 6.08 Å². The van der Waals surface area contributed by atoms with Crippen molar-refractivity contribution in [2.45, 2.75) is 32.3 Å². The van der Waals surface area contributed by atoms with Gasteiger partial charge in [-0.15, -0.1) is 0 Å². The van der Waals surface area contributed by atoms with Gasteiger partial charge in [-0.25, -0.2) is 0 Å². The van der Waals surface area contributed by atoms with Gasteiger partial charge in [0.05, 0.1) is 6.61 Å². The van der Waals surface area contributed by atoms with Gasteiger partial charge < -0.3 is 9.84 Å². The van der Waals surface area contributed by atoms with Gasteiger partial charge >= 0.3 is 0 Å². The minimum absolute atomic E-state index is 0.0462. The van der Waals surface area contributed by atoms with Crippen molar-refractivity contribution < 1.29 is 9.84 Å². The fraction of sp³-hybridized carbons (Fsp3) is 0.429.